The number of nitrogens with one attached hydrogen (secondary N) is 1. The van der Waals surface area contributed by atoms with E-state index in [1.165, 1.54) is 7.11 Å². The highest BCUT2D eigenvalue weighted by molar-refractivity contribution is 5.75. The van der Waals surface area contributed by atoms with Gasteiger partial charge in [-0.1, -0.05) is 12.1 Å². The standard InChI is InChI=1S/C12H17NO4/c1-13-10(11(14)12(15)17-3)8-4-6-9(16-2)7-5-8/h4-7,10-11,13-14H,1-3H3. The van der Waals surface area contributed by atoms with Crippen LogP contribution in [-0.2, 0) is 9.53 Å². The largest absolute Gasteiger partial charge is 0.497 e. The first-order valence-corrected chi connectivity index (χ1v) is 5.21. The summed E-state index contributed by atoms with van der Waals surface area (Å²) in [5.74, 6) is 0.0522. The molecule has 0 bridgehead atoms. The lowest BCUT2D eigenvalue weighted by Gasteiger charge is -2.21. The predicted octanol–water partition coefficient (Wildman–Crippen LogP) is 0.490. The molecule has 0 aliphatic heterocycles. The summed E-state index contributed by atoms with van der Waals surface area (Å²) in [6, 6.07) is 6.60. The Kier molecular flexibility index (Phi) is 4.93. The second-order valence-electron chi connectivity index (χ2n) is 3.51. The first-order valence-electron chi connectivity index (χ1n) is 5.21. The molecule has 0 aliphatic carbocycles. The number of carbonyl (C=O) groups excluding carboxylic acids is 1. The Hall–Kier alpha value is -1.59. The minimum atomic E-state index is -1.24. The molecule has 0 aromatic heterocycles. The van der Waals surface area contributed by atoms with Crippen molar-refractivity contribution in [3.8, 4) is 5.75 Å². The van der Waals surface area contributed by atoms with E-state index in [0.29, 0.717) is 0 Å². The zero-order valence-electron chi connectivity index (χ0n) is 10.1. The van der Waals surface area contributed by atoms with Gasteiger partial charge >= 0.3 is 5.97 Å². The van der Waals surface area contributed by atoms with Crippen molar-refractivity contribution in [3.05, 3.63) is 29.8 Å². The highest BCUT2D eigenvalue weighted by atomic mass is 16.5. The van der Waals surface area contributed by atoms with Crippen molar-refractivity contribution in [2.24, 2.45) is 0 Å². The third-order valence-corrected chi connectivity index (χ3v) is 2.54. The van der Waals surface area contributed by atoms with E-state index in [1.807, 2.05) is 0 Å². The van der Waals surface area contributed by atoms with Crippen LogP contribution in [0, 0.1) is 0 Å². The lowest BCUT2D eigenvalue weighted by Crippen LogP contribution is -2.36. The minimum absolute atomic E-state index is 0.506. The van der Waals surface area contributed by atoms with E-state index < -0.39 is 18.1 Å². The molecule has 0 heterocycles. The molecular weight excluding hydrogens is 222 g/mol. The quantitative estimate of drug-likeness (QED) is 0.732. The molecule has 2 atom stereocenters. The van der Waals surface area contributed by atoms with Crippen molar-refractivity contribution in [3.63, 3.8) is 0 Å². The van der Waals surface area contributed by atoms with E-state index in [9.17, 15) is 9.90 Å². The predicted molar refractivity (Wildman–Crippen MR) is 62.8 cm³/mol. The van der Waals surface area contributed by atoms with Crippen molar-refractivity contribution < 1.29 is 19.4 Å². The fraction of sp³-hybridized carbons (Fsp3) is 0.417. The maximum atomic E-state index is 11.3. The van der Waals surface area contributed by atoms with Gasteiger partial charge in [0.15, 0.2) is 6.10 Å². The number of aliphatic hydroxyl groups is 1. The molecule has 0 radical (unpaired) electrons. The Morgan fingerprint density at radius 3 is 2.29 bits per heavy atom. The van der Waals surface area contributed by atoms with Crippen LogP contribution in [0.3, 0.4) is 0 Å². The summed E-state index contributed by atoms with van der Waals surface area (Å²) in [7, 11) is 4.49. The number of rotatable bonds is 5. The Bertz CT molecular complexity index is 363. The molecule has 0 spiro atoms. The van der Waals surface area contributed by atoms with Gasteiger partial charge in [-0.3, -0.25) is 0 Å². The molecule has 0 saturated heterocycles. The van der Waals surface area contributed by atoms with Crippen molar-refractivity contribution >= 4 is 5.97 Å². The van der Waals surface area contributed by atoms with Gasteiger partial charge in [-0.05, 0) is 24.7 Å². The molecule has 0 saturated carbocycles. The molecule has 94 valence electrons. The number of esters is 1. The monoisotopic (exact) mass is 239 g/mol. The number of hydrogen-bond donors (Lipinski definition) is 2. The SMILES string of the molecule is CNC(c1ccc(OC)cc1)C(O)C(=O)OC. The highest BCUT2D eigenvalue weighted by Crippen LogP contribution is 2.20. The maximum Gasteiger partial charge on any atom is 0.336 e. The fourth-order valence-electron chi connectivity index (χ4n) is 1.57. The topological polar surface area (TPSA) is 67.8 Å². The van der Waals surface area contributed by atoms with E-state index in [-0.39, 0.29) is 0 Å². The Labute approximate surface area is 100 Å². The van der Waals surface area contributed by atoms with Crippen molar-refractivity contribution in [1.29, 1.82) is 0 Å². The molecule has 0 fully saturated rings. The van der Waals surface area contributed by atoms with Gasteiger partial charge in [0, 0.05) is 0 Å². The highest BCUT2D eigenvalue weighted by Gasteiger charge is 2.26. The molecule has 0 aliphatic rings. The number of methoxy groups -OCH3 is 2. The lowest BCUT2D eigenvalue weighted by molar-refractivity contribution is -0.152. The summed E-state index contributed by atoms with van der Waals surface area (Å²) in [6.07, 6.45) is -1.24. The maximum absolute atomic E-state index is 11.3. The van der Waals surface area contributed by atoms with Crippen LogP contribution in [-0.4, -0.2) is 38.4 Å². The zero-order valence-corrected chi connectivity index (χ0v) is 10.1. The first kappa shape index (κ1) is 13.5. The van der Waals surface area contributed by atoms with E-state index in [1.54, 1.807) is 38.4 Å². The number of aliphatic hydroxyl groups excluding tert-OH is 1. The van der Waals surface area contributed by atoms with Crippen LogP contribution in [0.15, 0.2) is 24.3 Å². The molecule has 17 heavy (non-hydrogen) atoms. The van der Waals surface area contributed by atoms with Gasteiger partial charge in [-0.25, -0.2) is 4.79 Å². The lowest BCUT2D eigenvalue weighted by atomic mass is 10.0. The molecule has 0 amide bonds. The summed E-state index contributed by atoms with van der Waals surface area (Å²) in [5.41, 5.74) is 0.784. The molecule has 5 heteroatoms. The number of benzene rings is 1. The summed E-state index contributed by atoms with van der Waals surface area (Å²) in [5, 5.41) is 12.7. The second-order valence-corrected chi connectivity index (χ2v) is 3.51. The van der Waals surface area contributed by atoms with E-state index in [0.717, 1.165) is 11.3 Å². The number of ether oxygens (including phenoxy) is 2. The zero-order chi connectivity index (χ0) is 12.8. The van der Waals surface area contributed by atoms with Gasteiger partial charge in [0.2, 0.25) is 0 Å². The van der Waals surface area contributed by atoms with Crippen LogP contribution in [0.2, 0.25) is 0 Å². The number of likely N-dealkylation sites (N-methyl/N-ethyl adjacent to an activating group) is 1. The second kappa shape index (κ2) is 6.22. The van der Waals surface area contributed by atoms with Crippen LogP contribution in [0.5, 0.6) is 5.75 Å². The first-order chi connectivity index (χ1) is 8.13. The van der Waals surface area contributed by atoms with Crippen molar-refractivity contribution in [1.82, 2.24) is 5.32 Å². The summed E-state index contributed by atoms with van der Waals surface area (Å²) >= 11 is 0. The molecule has 1 aromatic rings. The van der Waals surface area contributed by atoms with Gasteiger partial charge in [-0.2, -0.15) is 0 Å². The van der Waals surface area contributed by atoms with Gasteiger partial charge in [0.1, 0.15) is 5.75 Å². The number of carbonyl (C=O) groups is 1. The Balaban J connectivity index is 2.89. The van der Waals surface area contributed by atoms with Crippen LogP contribution in [0.25, 0.3) is 0 Å². The Morgan fingerprint density at radius 2 is 1.88 bits per heavy atom. The smallest absolute Gasteiger partial charge is 0.336 e. The molecule has 2 N–H and O–H groups in total. The number of hydrogen-bond acceptors (Lipinski definition) is 5. The summed E-state index contributed by atoms with van der Waals surface area (Å²) < 4.78 is 9.54. The minimum Gasteiger partial charge on any atom is -0.497 e. The molecule has 5 nitrogen and oxygen atoms in total. The Morgan fingerprint density at radius 1 is 1.29 bits per heavy atom. The summed E-state index contributed by atoms with van der Waals surface area (Å²) in [6.45, 7) is 0. The molecule has 1 rings (SSSR count). The van der Waals surface area contributed by atoms with E-state index >= 15 is 0 Å². The molecule has 2 unspecified atom stereocenters. The van der Waals surface area contributed by atoms with Gasteiger partial charge in [-0.15, -0.1) is 0 Å². The summed E-state index contributed by atoms with van der Waals surface area (Å²) in [4.78, 5) is 11.3. The van der Waals surface area contributed by atoms with Crippen LogP contribution < -0.4 is 10.1 Å². The van der Waals surface area contributed by atoms with Gasteiger partial charge < -0.3 is 19.9 Å². The van der Waals surface area contributed by atoms with Crippen LogP contribution in [0.4, 0.5) is 0 Å². The van der Waals surface area contributed by atoms with Crippen molar-refractivity contribution in [2.45, 2.75) is 12.1 Å². The normalized spacial score (nSPS) is 13.9. The van der Waals surface area contributed by atoms with Crippen LogP contribution >= 0.6 is 0 Å². The average molecular weight is 239 g/mol. The van der Waals surface area contributed by atoms with Gasteiger partial charge in [0.05, 0.1) is 20.3 Å². The van der Waals surface area contributed by atoms with E-state index in [4.69, 9.17) is 4.74 Å². The third-order valence-electron chi connectivity index (χ3n) is 2.54. The third kappa shape index (κ3) is 3.18. The van der Waals surface area contributed by atoms with Crippen LogP contribution in [0.1, 0.15) is 11.6 Å². The average Bonchev–Trinajstić information content (AvgIpc) is 2.39. The van der Waals surface area contributed by atoms with E-state index in [2.05, 4.69) is 10.1 Å². The van der Waals surface area contributed by atoms with Crippen molar-refractivity contribution in [2.75, 3.05) is 21.3 Å². The fourth-order valence-corrected chi connectivity index (χ4v) is 1.57. The van der Waals surface area contributed by atoms with Gasteiger partial charge in [0.25, 0.3) is 0 Å². The molecular formula is C12H17NO4. The molecule has 1 aromatic carbocycles.